The molecule has 0 spiro atoms. The average molecular weight is 742 g/mol. The van der Waals surface area contributed by atoms with Gasteiger partial charge in [0.25, 0.3) is 0 Å². The first-order chi connectivity index (χ1) is 28.7. The molecular formula is C53H35N5. The maximum Gasteiger partial charge on any atom is 0.238 e. The molecule has 3 heterocycles. The molecule has 5 nitrogen and oxygen atoms in total. The van der Waals surface area contributed by atoms with Crippen LogP contribution in [0.4, 0.5) is 11.4 Å². The summed E-state index contributed by atoms with van der Waals surface area (Å²) in [7, 11) is 0. The highest BCUT2D eigenvalue weighted by Gasteiger charge is 2.37. The third kappa shape index (κ3) is 5.14. The van der Waals surface area contributed by atoms with Gasteiger partial charge in [-0.3, -0.25) is 4.57 Å². The number of anilines is 2. The summed E-state index contributed by atoms with van der Waals surface area (Å²) in [5.41, 5.74) is 10.2. The summed E-state index contributed by atoms with van der Waals surface area (Å²) in [6.07, 6.45) is 9.04. The van der Waals surface area contributed by atoms with Crippen LogP contribution in [0.1, 0.15) is 11.5 Å². The Morgan fingerprint density at radius 1 is 0.431 bits per heavy atom. The van der Waals surface area contributed by atoms with Gasteiger partial charge in [0.15, 0.2) is 11.6 Å². The average Bonchev–Trinajstić information content (AvgIpc) is 3.81. The van der Waals surface area contributed by atoms with Gasteiger partial charge in [-0.05, 0) is 86.8 Å². The van der Waals surface area contributed by atoms with Crippen LogP contribution in [0.3, 0.4) is 0 Å². The molecule has 58 heavy (non-hydrogen) atoms. The monoisotopic (exact) mass is 741 g/mol. The predicted molar refractivity (Wildman–Crippen MR) is 239 cm³/mol. The largest absolute Gasteiger partial charge is 0.333 e. The Morgan fingerprint density at radius 3 is 2.03 bits per heavy atom. The molecule has 0 radical (unpaired) electrons. The quantitative estimate of drug-likeness (QED) is 0.176. The van der Waals surface area contributed by atoms with Gasteiger partial charge in [-0.25, -0.2) is 4.98 Å². The minimum atomic E-state index is 0.247. The highest BCUT2D eigenvalue weighted by Crippen LogP contribution is 2.49. The summed E-state index contributed by atoms with van der Waals surface area (Å²) in [5.74, 6) is 2.14. The Balaban J connectivity index is 1.04. The van der Waals surface area contributed by atoms with Crippen molar-refractivity contribution in [2.24, 2.45) is 0 Å². The smallest absolute Gasteiger partial charge is 0.238 e. The molecule has 2 aromatic heterocycles. The summed E-state index contributed by atoms with van der Waals surface area (Å²) in [5, 5.41) is 6.86. The Bertz CT molecular complexity index is 3320. The van der Waals surface area contributed by atoms with Crippen LogP contribution in [0.25, 0.3) is 83.2 Å². The molecule has 0 saturated heterocycles. The number of hydrogen-bond donors (Lipinski definition) is 0. The van der Waals surface area contributed by atoms with Gasteiger partial charge in [0, 0.05) is 39.2 Å². The number of allylic oxidation sites excluding steroid dienone is 2. The van der Waals surface area contributed by atoms with Crippen LogP contribution in [0.5, 0.6) is 0 Å². The zero-order chi connectivity index (χ0) is 38.2. The number of aromatic nitrogens is 4. The number of fused-ring (bicyclic) bond motifs is 8. The zero-order valence-electron chi connectivity index (χ0n) is 31.4. The molecular weight excluding hydrogens is 707 g/mol. The molecule has 0 amide bonds. The van der Waals surface area contributed by atoms with Gasteiger partial charge in [0.2, 0.25) is 5.95 Å². The van der Waals surface area contributed by atoms with Gasteiger partial charge in [0.1, 0.15) is 0 Å². The molecule has 2 aliphatic rings. The van der Waals surface area contributed by atoms with E-state index in [4.69, 9.17) is 15.0 Å². The lowest BCUT2D eigenvalue weighted by Crippen LogP contribution is -2.28. The van der Waals surface area contributed by atoms with Crippen LogP contribution in [-0.2, 0) is 0 Å². The highest BCUT2D eigenvalue weighted by atomic mass is 15.2. The second-order valence-corrected chi connectivity index (χ2v) is 15.2. The van der Waals surface area contributed by atoms with E-state index in [1.807, 2.05) is 0 Å². The van der Waals surface area contributed by atoms with Crippen LogP contribution in [0, 0.1) is 0 Å². The molecule has 272 valence electrons. The summed E-state index contributed by atoms with van der Waals surface area (Å²) >= 11 is 0. The third-order valence-corrected chi connectivity index (χ3v) is 12.0. The normalized spacial score (nSPS) is 15.8. The lowest BCUT2D eigenvalue weighted by atomic mass is 9.89. The fourth-order valence-electron chi connectivity index (χ4n) is 9.24. The zero-order valence-corrected chi connectivity index (χ0v) is 31.4. The molecule has 5 heteroatoms. The van der Waals surface area contributed by atoms with E-state index < -0.39 is 0 Å². The van der Waals surface area contributed by atoms with Crippen LogP contribution < -0.4 is 4.90 Å². The first-order valence-corrected chi connectivity index (χ1v) is 19.9. The van der Waals surface area contributed by atoms with E-state index in [0.717, 1.165) is 49.1 Å². The molecule has 0 fully saturated rings. The van der Waals surface area contributed by atoms with Gasteiger partial charge < -0.3 is 4.90 Å². The minimum absolute atomic E-state index is 0.247. The summed E-state index contributed by atoms with van der Waals surface area (Å²) in [6, 6.07) is 63.0. The Labute approximate surface area is 335 Å². The fourth-order valence-corrected chi connectivity index (χ4v) is 9.24. The standard InChI is InChI=1S/C53H35N5/c1-2-17-40(18-3-1)57-47-23-10-8-20-42(47)45-32-37(27-29-49(45)57)38-28-30-50-46(33-38)43-21-9-11-24-48(43)58(50)53-55-51(39-26-25-34-13-4-5-15-36(34)31-39)54-52(56-53)44-22-12-16-35-14-6-7-19-41(35)44/h1-33,42,47H. The topological polar surface area (TPSA) is 46.8 Å². The van der Waals surface area contributed by atoms with Crippen molar-refractivity contribution in [3.8, 4) is 39.9 Å². The van der Waals surface area contributed by atoms with Crippen molar-refractivity contribution in [3.63, 3.8) is 0 Å². The molecule has 8 aromatic carbocycles. The maximum atomic E-state index is 5.30. The van der Waals surface area contributed by atoms with Crippen molar-refractivity contribution < 1.29 is 0 Å². The van der Waals surface area contributed by atoms with Gasteiger partial charge in [-0.1, -0.05) is 152 Å². The molecule has 0 saturated carbocycles. The Hall–Kier alpha value is -7.63. The Morgan fingerprint density at radius 2 is 1.12 bits per heavy atom. The number of para-hydroxylation sites is 2. The van der Waals surface area contributed by atoms with E-state index in [-0.39, 0.29) is 12.0 Å². The number of rotatable bonds is 5. The number of nitrogens with zero attached hydrogens (tertiary/aromatic N) is 5. The SMILES string of the molecule is C1=CC2c3cc(-c4ccc5c(c4)c4ccccc4n5-c4nc(-c5ccc6ccccc6c5)nc(-c5cccc6ccccc56)n4)ccc3N(c3ccccc3)C2C=C1. The first kappa shape index (κ1) is 32.6. The molecule has 2 atom stereocenters. The molecule has 12 rings (SSSR count). The van der Waals surface area contributed by atoms with Crippen molar-refractivity contribution in [1.29, 1.82) is 0 Å². The van der Waals surface area contributed by atoms with E-state index in [9.17, 15) is 0 Å². The van der Waals surface area contributed by atoms with E-state index >= 15 is 0 Å². The van der Waals surface area contributed by atoms with Gasteiger partial charge in [-0.15, -0.1) is 0 Å². The molecule has 2 unspecified atom stereocenters. The van der Waals surface area contributed by atoms with Crippen molar-refractivity contribution in [1.82, 2.24) is 19.5 Å². The third-order valence-electron chi connectivity index (χ3n) is 12.0. The van der Waals surface area contributed by atoms with Crippen LogP contribution in [-0.4, -0.2) is 25.6 Å². The van der Waals surface area contributed by atoms with E-state index in [1.54, 1.807) is 0 Å². The lowest BCUT2D eigenvalue weighted by Gasteiger charge is -2.28. The Kier molecular flexibility index (Phi) is 7.29. The summed E-state index contributed by atoms with van der Waals surface area (Å²) < 4.78 is 2.21. The van der Waals surface area contributed by atoms with E-state index in [2.05, 4.69) is 210 Å². The van der Waals surface area contributed by atoms with Crippen molar-refractivity contribution in [2.45, 2.75) is 12.0 Å². The van der Waals surface area contributed by atoms with Crippen LogP contribution in [0.15, 0.2) is 200 Å². The molecule has 0 N–H and O–H groups in total. The minimum Gasteiger partial charge on any atom is -0.333 e. The van der Waals surface area contributed by atoms with Crippen LogP contribution >= 0.6 is 0 Å². The predicted octanol–water partition coefficient (Wildman–Crippen LogP) is 13.0. The van der Waals surface area contributed by atoms with E-state index in [0.29, 0.717) is 17.6 Å². The van der Waals surface area contributed by atoms with Gasteiger partial charge in [0.05, 0.1) is 17.1 Å². The molecule has 10 aromatic rings. The lowest BCUT2D eigenvalue weighted by molar-refractivity contribution is 0.745. The van der Waals surface area contributed by atoms with E-state index in [1.165, 1.54) is 33.5 Å². The van der Waals surface area contributed by atoms with Crippen molar-refractivity contribution in [2.75, 3.05) is 4.90 Å². The van der Waals surface area contributed by atoms with Crippen LogP contribution in [0.2, 0.25) is 0 Å². The van der Waals surface area contributed by atoms with Gasteiger partial charge in [-0.2, -0.15) is 9.97 Å². The van der Waals surface area contributed by atoms with Gasteiger partial charge >= 0.3 is 0 Å². The fraction of sp³-hybridized carbons (Fsp3) is 0.0377. The second-order valence-electron chi connectivity index (χ2n) is 15.2. The number of benzene rings is 8. The maximum absolute atomic E-state index is 5.30. The molecule has 1 aliphatic carbocycles. The summed E-state index contributed by atoms with van der Waals surface area (Å²) in [6.45, 7) is 0. The number of hydrogen-bond acceptors (Lipinski definition) is 4. The van der Waals surface area contributed by atoms with Crippen molar-refractivity contribution >= 4 is 54.7 Å². The highest BCUT2D eigenvalue weighted by molar-refractivity contribution is 6.10. The summed E-state index contributed by atoms with van der Waals surface area (Å²) in [4.78, 5) is 18.2. The first-order valence-electron chi connectivity index (χ1n) is 19.9. The van der Waals surface area contributed by atoms with Crippen molar-refractivity contribution in [3.05, 3.63) is 206 Å². The second kappa shape index (κ2) is 13.0. The molecule has 1 aliphatic heterocycles. The molecule has 0 bridgehead atoms.